The molecule has 2 aromatic heterocycles. The number of para-hydroxylation sites is 1. The summed E-state index contributed by atoms with van der Waals surface area (Å²) in [4.78, 5) is 17.7. The Morgan fingerprint density at radius 1 is 1.06 bits per heavy atom. The van der Waals surface area contributed by atoms with Crippen LogP contribution >= 0.6 is 11.8 Å². The van der Waals surface area contributed by atoms with E-state index < -0.39 is 0 Å². The van der Waals surface area contributed by atoms with Gasteiger partial charge in [0.15, 0.2) is 5.65 Å². The fraction of sp³-hybridized carbons (Fsp3) is 0.333. The lowest BCUT2D eigenvalue weighted by atomic mass is 10.1. The van der Waals surface area contributed by atoms with Gasteiger partial charge >= 0.3 is 0 Å². The van der Waals surface area contributed by atoms with Gasteiger partial charge in [0.05, 0.1) is 16.8 Å². The molecule has 0 aliphatic heterocycles. The van der Waals surface area contributed by atoms with Crippen LogP contribution in [0.2, 0.25) is 0 Å². The third-order valence-electron chi connectivity index (χ3n) is 5.37. The van der Waals surface area contributed by atoms with Crippen LogP contribution in [0.1, 0.15) is 45.2 Å². The standard InChI is InChI=1S/C24H27N5OS/c1-4-15-29-19-14-10-9-13-18(19)21-22(29)26-24(28-27-21)31-20(5-2)23(30)25-16(3)17-11-7-6-8-12-17/h6-14,16,20H,4-5,15H2,1-3H3,(H,25,30)/t16-,20-/m0/s1. The van der Waals surface area contributed by atoms with E-state index in [0.717, 1.165) is 40.6 Å². The van der Waals surface area contributed by atoms with Crippen molar-refractivity contribution in [2.24, 2.45) is 0 Å². The van der Waals surface area contributed by atoms with E-state index in [2.05, 4.69) is 39.1 Å². The van der Waals surface area contributed by atoms with Gasteiger partial charge in [-0.2, -0.15) is 0 Å². The van der Waals surface area contributed by atoms with Crippen LogP contribution in [0, 0.1) is 0 Å². The van der Waals surface area contributed by atoms with Crippen molar-refractivity contribution in [2.75, 3.05) is 0 Å². The van der Waals surface area contributed by atoms with Crippen LogP contribution in [0.3, 0.4) is 0 Å². The number of benzene rings is 2. The maximum absolute atomic E-state index is 12.9. The maximum Gasteiger partial charge on any atom is 0.234 e. The molecule has 0 saturated heterocycles. The lowest BCUT2D eigenvalue weighted by molar-refractivity contribution is -0.121. The van der Waals surface area contributed by atoms with Gasteiger partial charge in [-0.05, 0) is 31.4 Å². The Kier molecular flexibility index (Phi) is 6.51. The summed E-state index contributed by atoms with van der Waals surface area (Å²) in [6.45, 7) is 7.01. The molecule has 31 heavy (non-hydrogen) atoms. The molecule has 4 rings (SSSR count). The number of carbonyl (C=O) groups is 1. The fourth-order valence-electron chi connectivity index (χ4n) is 3.77. The predicted molar refractivity (Wildman–Crippen MR) is 126 cm³/mol. The summed E-state index contributed by atoms with van der Waals surface area (Å²) in [5.74, 6) is -0.0124. The summed E-state index contributed by atoms with van der Waals surface area (Å²) >= 11 is 1.38. The summed E-state index contributed by atoms with van der Waals surface area (Å²) in [6, 6.07) is 18.1. The van der Waals surface area contributed by atoms with Gasteiger partial charge in [0.25, 0.3) is 0 Å². The van der Waals surface area contributed by atoms with Gasteiger partial charge < -0.3 is 9.88 Å². The Balaban J connectivity index is 1.58. The summed E-state index contributed by atoms with van der Waals surface area (Å²) in [6.07, 6.45) is 1.68. The highest BCUT2D eigenvalue weighted by Crippen LogP contribution is 2.29. The Bertz CT molecular complexity index is 1190. The van der Waals surface area contributed by atoms with Gasteiger partial charge in [-0.1, -0.05) is 74.1 Å². The highest BCUT2D eigenvalue weighted by molar-refractivity contribution is 8.00. The molecule has 0 fully saturated rings. The molecular weight excluding hydrogens is 406 g/mol. The zero-order valence-corrected chi connectivity index (χ0v) is 18.9. The van der Waals surface area contributed by atoms with E-state index in [9.17, 15) is 4.79 Å². The largest absolute Gasteiger partial charge is 0.349 e. The number of thioether (sulfide) groups is 1. The monoisotopic (exact) mass is 433 g/mol. The molecule has 0 bridgehead atoms. The molecule has 0 radical (unpaired) electrons. The molecule has 4 aromatic rings. The molecule has 6 nitrogen and oxygen atoms in total. The average molecular weight is 434 g/mol. The van der Waals surface area contributed by atoms with Crippen LogP contribution in [0.15, 0.2) is 59.8 Å². The highest BCUT2D eigenvalue weighted by Gasteiger charge is 2.23. The van der Waals surface area contributed by atoms with Crippen molar-refractivity contribution >= 4 is 39.7 Å². The first kappa shape index (κ1) is 21.3. The van der Waals surface area contributed by atoms with Crippen LogP contribution in [-0.2, 0) is 11.3 Å². The molecular formula is C24H27N5OS. The number of amides is 1. The molecule has 0 saturated carbocycles. The summed E-state index contributed by atoms with van der Waals surface area (Å²) in [7, 11) is 0. The minimum absolute atomic E-state index is 0.0124. The SMILES string of the molecule is CCCn1c2ccccc2c2nnc(S[C@@H](CC)C(=O)N[C@@H](C)c3ccccc3)nc21. The van der Waals surface area contributed by atoms with Crippen molar-refractivity contribution in [3.63, 3.8) is 0 Å². The molecule has 2 heterocycles. The van der Waals surface area contributed by atoms with Crippen molar-refractivity contribution in [1.29, 1.82) is 0 Å². The number of fused-ring (bicyclic) bond motifs is 3. The molecule has 0 unspecified atom stereocenters. The first-order valence-corrected chi connectivity index (χ1v) is 11.6. The van der Waals surface area contributed by atoms with E-state index >= 15 is 0 Å². The normalized spacial score (nSPS) is 13.4. The van der Waals surface area contributed by atoms with E-state index in [4.69, 9.17) is 4.98 Å². The van der Waals surface area contributed by atoms with Gasteiger partial charge in [0.2, 0.25) is 11.1 Å². The Morgan fingerprint density at radius 2 is 1.81 bits per heavy atom. The van der Waals surface area contributed by atoms with Crippen LogP contribution in [0.25, 0.3) is 22.1 Å². The Morgan fingerprint density at radius 3 is 2.55 bits per heavy atom. The summed E-state index contributed by atoms with van der Waals surface area (Å²) in [5.41, 5.74) is 3.83. The van der Waals surface area contributed by atoms with Crippen molar-refractivity contribution in [2.45, 2.75) is 56.6 Å². The third-order valence-corrected chi connectivity index (χ3v) is 6.59. The van der Waals surface area contributed by atoms with E-state index in [0.29, 0.717) is 11.6 Å². The maximum atomic E-state index is 12.9. The van der Waals surface area contributed by atoms with Crippen LogP contribution in [0.4, 0.5) is 0 Å². The van der Waals surface area contributed by atoms with E-state index in [-0.39, 0.29) is 17.2 Å². The second-order valence-corrected chi connectivity index (χ2v) is 8.76. The fourth-order valence-corrected chi connectivity index (χ4v) is 4.59. The van der Waals surface area contributed by atoms with Crippen molar-refractivity contribution in [3.8, 4) is 0 Å². The van der Waals surface area contributed by atoms with E-state index in [1.165, 1.54) is 11.8 Å². The first-order chi connectivity index (χ1) is 15.1. The topological polar surface area (TPSA) is 72.7 Å². The van der Waals surface area contributed by atoms with Gasteiger partial charge in [-0.15, -0.1) is 10.2 Å². The van der Waals surface area contributed by atoms with E-state index in [1.54, 1.807) is 0 Å². The predicted octanol–water partition coefficient (Wildman–Crippen LogP) is 5.14. The van der Waals surface area contributed by atoms with Gasteiger partial charge in [0.1, 0.15) is 5.52 Å². The molecule has 0 spiro atoms. The number of nitrogens with zero attached hydrogens (tertiary/aromatic N) is 4. The average Bonchev–Trinajstić information content (AvgIpc) is 3.11. The first-order valence-electron chi connectivity index (χ1n) is 10.8. The second-order valence-electron chi connectivity index (χ2n) is 7.59. The second kappa shape index (κ2) is 9.47. The van der Waals surface area contributed by atoms with Crippen molar-refractivity contribution < 1.29 is 4.79 Å². The van der Waals surface area contributed by atoms with Crippen LogP contribution in [0.5, 0.6) is 0 Å². The van der Waals surface area contributed by atoms with E-state index in [1.807, 2.05) is 56.3 Å². The number of aryl methyl sites for hydroxylation is 1. The number of aromatic nitrogens is 4. The number of carbonyl (C=O) groups excluding carboxylic acids is 1. The smallest absolute Gasteiger partial charge is 0.234 e. The molecule has 160 valence electrons. The quantitative estimate of drug-likeness (QED) is 0.390. The number of hydrogen-bond donors (Lipinski definition) is 1. The number of rotatable bonds is 8. The minimum atomic E-state index is -0.283. The van der Waals surface area contributed by atoms with Gasteiger partial charge in [-0.3, -0.25) is 4.79 Å². The minimum Gasteiger partial charge on any atom is -0.349 e. The highest BCUT2D eigenvalue weighted by atomic mass is 32.2. The summed E-state index contributed by atoms with van der Waals surface area (Å²) < 4.78 is 2.20. The molecule has 7 heteroatoms. The number of hydrogen-bond acceptors (Lipinski definition) is 5. The Hall–Kier alpha value is -2.93. The van der Waals surface area contributed by atoms with Gasteiger partial charge in [0, 0.05) is 11.9 Å². The zero-order valence-electron chi connectivity index (χ0n) is 18.1. The van der Waals surface area contributed by atoms with Gasteiger partial charge in [-0.25, -0.2) is 4.98 Å². The lowest BCUT2D eigenvalue weighted by Crippen LogP contribution is -2.34. The van der Waals surface area contributed by atoms with Crippen LogP contribution < -0.4 is 5.32 Å². The molecule has 0 aliphatic rings. The van der Waals surface area contributed by atoms with Crippen molar-refractivity contribution in [1.82, 2.24) is 25.1 Å². The molecule has 0 aliphatic carbocycles. The number of nitrogens with one attached hydrogen (secondary N) is 1. The third kappa shape index (κ3) is 4.42. The molecule has 2 aromatic carbocycles. The summed E-state index contributed by atoms with van der Waals surface area (Å²) in [5, 5.41) is 13.3. The molecule has 1 amide bonds. The zero-order chi connectivity index (χ0) is 21.8. The Labute approximate surface area is 186 Å². The van der Waals surface area contributed by atoms with Crippen molar-refractivity contribution in [3.05, 3.63) is 60.2 Å². The lowest BCUT2D eigenvalue weighted by Gasteiger charge is -2.18. The molecule has 2 atom stereocenters. The van der Waals surface area contributed by atoms with Crippen LogP contribution in [-0.4, -0.2) is 30.9 Å². The molecule has 1 N–H and O–H groups in total.